The minimum Gasteiger partial charge on any atom is -0.394 e. The summed E-state index contributed by atoms with van der Waals surface area (Å²) in [6, 6.07) is 0. The second-order valence-corrected chi connectivity index (χ2v) is 6.63. The van der Waals surface area contributed by atoms with Crippen LogP contribution in [0.1, 0.15) is 11.0 Å². The fraction of sp³-hybridized carbons (Fsp3) is 0.500. The number of aliphatic imine (C=N–C) groups is 1. The van der Waals surface area contributed by atoms with Gasteiger partial charge in [0.15, 0.2) is 0 Å². The predicted octanol–water partition coefficient (Wildman–Crippen LogP) is -0.640. The van der Waals surface area contributed by atoms with E-state index in [-0.39, 0.29) is 11.5 Å². The molecule has 4 N–H and O–H groups in total. The van der Waals surface area contributed by atoms with Gasteiger partial charge in [-0.25, -0.2) is 9.98 Å². The number of aliphatic hydroxyl groups excluding tert-OH is 3. The van der Waals surface area contributed by atoms with E-state index < -0.39 is 31.0 Å². The van der Waals surface area contributed by atoms with Gasteiger partial charge in [0.05, 0.1) is 28.7 Å². The van der Waals surface area contributed by atoms with Crippen LogP contribution in [0.2, 0.25) is 0 Å². The zero-order chi connectivity index (χ0) is 17.4. The normalized spacial score (nSPS) is 27.4. The van der Waals surface area contributed by atoms with Crippen molar-refractivity contribution in [1.82, 2.24) is 14.9 Å². The fourth-order valence-electron chi connectivity index (χ4n) is 2.50. The summed E-state index contributed by atoms with van der Waals surface area (Å²) in [5.41, 5.74) is 0.0182. The van der Waals surface area contributed by atoms with E-state index >= 15 is 0 Å². The van der Waals surface area contributed by atoms with Crippen molar-refractivity contribution in [1.29, 1.82) is 0 Å². The van der Waals surface area contributed by atoms with Gasteiger partial charge in [-0.3, -0.25) is 9.78 Å². The summed E-state index contributed by atoms with van der Waals surface area (Å²) in [7, 11) is 3.57. The monoisotopic (exact) mass is 354 g/mol. The second-order valence-electron chi connectivity index (χ2n) is 5.72. The van der Waals surface area contributed by atoms with Crippen LogP contribution in [-0.2, 0) is 4.74 Å². The van der Waals surface area contributed by atoms with Gasteiger partial charge in [0.25, 0.3) is 5.56 Å². The summed E-state index contributed by atoms with van der Waals surface area (Å²) in [5, 5.41) is 31.3. The quantitative estimate of drug-likeness (QED) is 0.424. The highest BCUT2D eigenvalue weighted by molar-refractivity contribution is 7.11. The molecule has 0 spiro atoms. The number of hydrogen-bond acceptors (Lipinski definition) is 8. The number of ether oxygens (including phenoxy) is 1. The summed E-state index contributed by atoms with van der Waals surface area (Å²) < 4.78 is 5.53. The van der Waals surface area contributed by atoms with Crippen molar-refractivity contribution in [3.63, 3.8) is 0 Å². The zero-order valence-corrected chi connectivity index (χ0v) is 13.9. The molecule has 0 aromatic carbocycles. The molecule has 3 heterocycles. The second kappa shape index (κ2) is 6.57. The molecule has 2 aromatic heterocycles. The Kier molecular flexibility index (Phi) is 4.65. The average molecular weight is 354 g/mol. The van der Waals surface area contributed by atoms with Crippen LogP contribution in [0.5, 0.6) is 0 Å². The molecule has 1 fully saturated rings. The van der Waals surface area contributed by atoms with E-state index in [2.05, 4.69) is 15.0 Å². The Labute approximate surface area is 140 Å². The molecule has 1 aliphatic rings. The van der Waals surface area contributed by atoms with Crippen molar-refractivity contribution in [2.45, 2.75) is 24.4 Å². The van der Waals surface area contributed by atoms with Crippen molar-refractivity contribution >= 4 is 34.5 Å². The molecule has 0 aliphatic carbocycles. The van der Waals surface area contributed by atoms with Crippen molar-refractivity contribution in [2.24, 2.45) is 4.99 Å². The lowest BCUT2D eigenvalue weighted by Gasteiger charge is -2.13. The lowest BCUT2D eigenvalue weighted by Crippen LogP contribution is -2.32. The smallest absolute Gasteiger partial charge is 0.261 e. The molecule has 0 radical (unpaired) electrons. The first-order chi connectivity index (χ1) is 11.4. The Hall–Kier alpha value is -1.85. The third kappa shape index (κ3) is 2.94. The van der Waals surface area contributed by atoms with Crippen LogP contribution in [0.15, 0.2) is 15.2 Å². The summed E-state index contributed by atoms with van der Waals surface area (Å²) in [6.07, 6.45) is -2.65. The van der Waals surface area contributed by atoms with E-state index in [9.17, 15) is 20.1 Å². The maximum atomic E-state index is 12.2. The molecule has 130 valence electrons. The van der Waals surface area contributed by atoms with Crippen molar-refractivity contribution in [3.05, 3.63) is 20.6 Å². The van der Waals surface area contributed by atoms with Gasteiger partial charge in [-0.15, -0.1) is 11.3 Å². The fourth-order valence-corrected chi connectivity index (χ4v) is 3.56. The Morgan fingerprint density at radius 2 is 2.21 bits per heavy atom. The number of rotatable bonds is 4. The highest BCUT2D eigenvalue weighted by Crippen LogP contribution is 2.39. The summed E-state index contributed by atoms with van der Waals surface area (Å²) in [6.45, 7) is -0.412. The Morgan fingerprint density at radius 3 is 2.83 bits per heavy atom. The maximum Gasteiger partial charge on any atom is 0.261 e. The van der Waals surface area contributed by atoms with Crippen molar-refractivity contribution in [2.75, 3.05) is 20.7 Å². The lowest BCUT2D eigenvalue weighted by molar-refractivity contribution is -0.0214. The Bertz CT molecular complexity index is 817. The van der Waals surface area contributed by atoms with Gasteiger partial charge in [-0.2, -0.15) is 0 Å². The molecule has 10 heteroatoms. The molecule has 24 heavy (non-hydrogen) atoms. The number of hydrogen-bond donors (Lipinski definition) is 4. The third-order valence-corrected chi connectivity index (χ3v) is 4.72. The number of nitrogens with one attached hydrogen (secondary N) is 1. The summed E-state index contributed by atoms with van der Waals surface area (Å²) >= 11 is 1.20. The van der Waals surface area contributed by atoms with Gasteiger partial charge < -0.3 is 25.0 Å². The van der Waals surface area contributed by atoms with E-state index in [1.54, 1.807) is 24.4 Å². The lowest BCUT2D eigenvalue weighted by atomic mass is 10.1. The molecule has 0 saturated carbocycles. The zero-order valence-electron chi connectivity index (χ0n) is 13.1. The standard InChI is InChI=1S/C14H18N4O5S/c1-18(2)5-15-14-16-8-6(13(22)17-14)4-24-12(8)11-10(21)9(20)7(3-19)23-11/h4-5,7,9-11,19-21H,3H2,1-2H3,(H,16,17,22)/b15-5+/t7-,9-,10-,11-/m1/s1. The van der Waals surface area contributed by atoms with Crippen molar-refractivity contribution < 1.29 is 20.1 Å². The van der Waals surface area contributed by atoms with E-state index in [4.69, 9.17) is 4.74 Å². The van der Waals surface area contributed by atoms with Crippen LogP contribution in [-0.4, -0.2) is 75.5 Å². The maximum absolute atomic E-state index is 12.2. The number of fused-ring (bicyclic) bond motifs is 1. The third-order valence-electron chi connectivity index (χ3n) is 3.69. The van der Waals surface area contributed by atoms with Crippen LogP contribution >= 0.6 is 11.3 Å². The van der Waals surface area contributed by atoms with Gasteiger partial charge >= 0.3 is 0 Å². The number of thiophene rings is 1. The molecule has 9 nitrogen and oxygen atoms in total. The minimum absolute atomic E-state index is 0.132. The van der Waals surface area contributed by atoms with Gasteiger partial charge in [0, 0.05) is 19.5 Å². The van der Waals surface area contributed by atoms with Crippen LogP contribution < -0.4 is 5.56 Å². The topological polar surface area (TPSA) is 131 Å². The number of aromatic nitrogens is 2. The van der Waals surface area contributed by atoms with Crippen molar-refractivity contribution in [3.8, 4) is 0 Å². The molecule has 0 amide bonds. The van der Waals surface area contributed by atoms with E-state index in [0.717, 1.165) is 0 Å². The van der Waals surface area contributed by atoms with Gasteiger partial charge in [0.2, 0.25) is 5.95 Å². The van der Waals surface area contributed by atoms with Crippen LogP contribution in [0.4, 0.5) is 5.95 Å². The Morgan fingerprint density at radius 1 is 1.46 bits per heavy atom. The minimum atomic E-state index is -1.21. The van der Waals surface area contributed by atoms with Crippen LogP contribution in [0.25, 0.3) is 10.9 Å². The average Bonchev–Trinajstić information content (AvgIpc) is 3.08. The summed E-state index contributed by atoms with van der Waals surface area (Å²) in [5.74, 6) is 0.132. The van der Waals surface area contributed by atoms with Gasteiger partial charge in [-0.1, -0.05) is 0 Å². The molecular weight excluding hydrogens is 336 g/mol. The van der Waals surface area contributed by atoms with Gasteiger partial charge in [-0.05, 0) is 0 Å². The molecule has 1 saturated heterocycles. The first kappa shape index (κ1) is 17.0. The Balaban J connectivity index is 2.05. The van der Waals surface area contributed by atoms with E-state index in [1.165, 1.54) is 17.7 Å². The molecule has 3 rings (SSSR count). The molecular formula is C14H18N4O5S. The molecule has 1 aliphatic heterocycles. The number of aliphatic hydroxyl groups is 3. The molecule has 2 aromatic rings. The SMILES string of the molecule is CN(C)/C=N/c1nc2c([C@@H]3O[C@H](CO)[C@@H](O)[C@H]3O)scc2c(=O)[nH]1. The largest absolute Gasteiger partial charge is 0.394 e. The van der Waals surface area contributed by atoms with Crippen LogP contribution in [0, 0.1) is 0 Å². The first-order valence-electron chi connectivity index (χ1n) is 7.27. The van der Waals surface area contributed by atoms with E-state index in [0.29, 0.717) is 15.8 Å². The first-order valence-corrected chi connectivity index (χ1v) is 8.14. The molecule has 0 unspecified atom stereocenters. The van der Waals surface area contributed by atoms with E-state index in [1.807, 2.05) is 0 Å². The van der Waals surface area contributed by atoms with Crippen LogP contribution in [0.3, 0.4) is 0 Å². The van der Waals surface area contributed by atoms with Gasteiger partial charge in [0.1, 0.15) is 24.4 Å². The number of nitrogens with zero attached hydrogens (tertiary/aromatic N) is 3. The number of H-pyrrole nitrogens is 1. The predicted molar refractivity (Wildman–Crippen MR) is 88.8 cm³/mol. The highest BCUT2D eigenvalue weighted by atomic mass is 32.1. The summed E-state index contributed by atoms with van der Waals surface area (Å²) in [4.78, 5) is 25.3. The molecule has 0 bridgehead atoms. The number of aromatic amines is 1. The highest BCUT2D eigenvalue weighted by Gasteiger charge is 2.44. The molecule has 4 atom stereocenters.